The van der Waals surface area contributed by atoms with E-state index in [1.54, 1.807) is 28.6 Å². The monoisotopic (exact) mass is 306 g/mol. The second kappa shape index (κ2) is 7.06. The van der Waals surface area contributed by atoms with Crippen molar-refractivity contribution in [1.29, 1.82) is 5.26 Å². The summed E-state index contributed by atoms with van der Waals surface area (Å²) < 4.78 is 26.5. The minimum Gasteiger partial charge on any atom is -0.212 e. The van der Waals surface area contributed by atoms with Crippen molar-refractivity contribution in [3.63, 3.8) is 0 Å². The van der Waals surface area contributed by atoms with Crippen molar-refractivity contribution in [3.05, 3.63) is 35.4 Å². The van der Waals surface area contributed by atoms with Crippen LogP contribution in [0, 0.1) is 17.2 Å². The fourth-order valence-electron chi connectivity index (χ4n) is 2.86. The Kier molecular flexibility index (Phi) is 5.38. The molecule has 1 fully saturated rings. The van der Waals surface area contributed by atoms with Crippen LogP contribution in [0.25, 0.3) is 0 Å². The van der Waals surface area contributed by atoms with Crippen LogP contribution in [0.4, 0.5) is 0 Å². The smallest absolute Gasteiger partial charge is 0.212 e. The highest BCUT2D eigenvalue weighted by Gasteiger charge is 2.27. The number of rotatable bonds is 5. The maximum absolute atomic E-state index is 12.4. The van der Waals surface area contributed by atoms with Crippen molar-refractivity contribution >= 4 is 10.0 Å². The molecule has 0 unspecified atom stereocenters. The molecular formula is C16H22N2O2S. The number of piperidine rings is 1. The van der Waals surface area contributed by atoms with E-state index in [0.717, 1.165) is 18.4 Å². The van der Waals surface area contributed by atoms with Crippen molar-refractivity contribution in [2.45, 2.75) is 38.4 Å². The number of hydrogen-bond acceptors (Lipinski definition) is 3. The van der Waals surface area contributed by atoms with Crippen molar-refractivity contribution in [3.8, 4) is 6.07 Å². The molecular weight excluding hydrogens is 284 g/mol. The highest BCUT2D eigenvalue weighted by molar-refractivity contribution is 7.88. The summed E-state index contributed by atoms with van der Waals surface area (Å²) in [5.41, 5.74) is 1.29. The predicted octanol–water partition coefficient (Wildman–Crippen LogP) is 2.90. The van der Waals surface area contributed by atoms with Crippen molar-refractivity contribution in [1.82, 2.24) is 4.31 Å². The zero-order chi connectivity index (χ0) is 15.3. The van der Waals surface area contributed by atoms with E-state index < -0.39 is 10.0 Å². The van der Waals surface area contributed by atoms with E-state index in [1.165, 1.54) is 12.8 Å². The summed E-state index contributed by atoms with van der Waals surface area (Å²) in [6, 6.07) is 8.81. The number of hydrogen-bond donors (Lipinski definition) is 0. The first-order valence-electron chi connectivity index (χ1n) is 7.52. The molecule has 0 spiro atoms. The molecule has 114 valence electrons. The normalized spacial score (nSPS) is 17.5. The zero-order valence-electron chi connectivity index (χ0n) is 12.5. The van der Waals surface area contributed by atoms with Gasteiger partial charge in [-0.1, -0.05) is 31.9 Å². The standard InChI is InChI=1S/C16H22N2O2S/c1-2-3-14-8-10-18(11-9-14)21(19,20)13-16-6-4-15(12-17)5-7-16/h4-7,14H,2-3,8-11,13H2,1H3. The number of nitriles is 1. The van der Waals surface area contributed by atoms with Gasteiger partial charge in [0.05, 0.1) is 17.4 Å². The molecule has 0 aromatic heterocycles. The van der Waals surface area contributed by atoms with Crippen LogP contribution >= 0.6 is 0 Å². The third-order valence-corrected chi connectivity index (χ3v) is 5.95. The molecule has 1 aromatic rings. The van der Waals surface area contributed by atoms with Gasteiger partial charge in [0.15, 0.2) is 0 Å². The highest BCUT2D eigenvalue weighted by atomic mass is 32.2. The van der Waals surface area contributed by atoms with E-state index in [0.29, 0.717) is 24.6 Å². The summed E-state index contributed by atoms with van der Waals surface area (Å²) in [7, 11) is -3.24. The molecule has 0 amide bonds. The molecule has 4 nitrogen and oxygen atoms in total. The van der Waals surface area contributed by atoms with Gasteiger partial charge in [0.2, 0.25) is 10.0 Å². The number of benzene rings is 1. The second-order valence-electron chi connectivity index (χ2n) is 5.70. The van der Waals surface area contributed by atoms with Crippen LogP contribution in [-0.4, -0.2) is 25.8 Å². The lowest BCUT2D eigenvalue weighted by molar-refractivity contribution is 0.262. The molecule has 0 N–H and O–H groups in total. The number of nitrogens with zero attached hydrogens (tertiary/aromatic N) is 2. The third-order valence-electron chi connectivity index (χ3n) is 4.10. The molecule has 5 heteroatoms. The second-order valence-corrected chi connectivity index (χ2v) is 7.66. The van der Waals surface area contributed by atoms with Crippen LogP contribution in [-0.2, 0) is 15.8 Å². The minimum absolute atomic E-state index is 0.0250. The van der Waals surface area contributed by atoms with Gasteiger partial charge < -0.3 is 0 Å². The summed E-state index contributed by atoms with van der Waals surface area (Å²) >= 11 is 0. The SMILES string of the molecule is CCCC1CCN(S(=O)(=O)Cc2ccc(C#N)cc2)CC1. The van der Waals surface area contributed by atoms with E-state index in [4.69, 9.17) is 5.26 Å². The lowest BCUT2D eigenvalue weighted by Gasteiger charge is -2.31. The maximum Gasteiger partial charge on any atom is 0.218 e. The third kappa shape index (κ3) is 4.29. The lowest BCUT2D eigenvalue weighted by Crippen LogP contribution is -2.39. The Morgan fingerprint density at radius 2 is 1.86 bits per heavy atom. The molecule has 2 rings (SSSR count). The molecule has 1 saturated heterocycles. The van der Waals surface area contributed by atoms with Crippen molar-refractivity contribution in [2.75, 3.05) is 13.1 Å². The van der Waals surface area contributed by atoms with Crippen LogP contribution in [0.1, 0.15) is 43.7 Å². The molecule has 0 saturated carbocycles. The maximum atomic E-state index is 12.4. The molecule has 0 bridgehead atoms. The van der Waals surface area contributed by atoms with Crippen LogP contribution < -0.4 is 0 Å². The van der Waals surface area contributed by atoms with Crippen LogP contribution in [0.5, 0.6) is 0 Å². The minimum atomic E-state index is -3.24. The van der Waals surface area contributed by atoms with Gasteiger partial charge in [-0.15, -0.1) is 0 Å². The average molecular weight is 306 g/mol. The molecule has 21 heavy (non-hydrogen) atoms. The van der Waals surface area contributed by atoms with Gasteiger partial charge in [-0.2, -0.15) is 5.26 Å². The van der Waals surface area contributed by atoms with Gasteiger partial charge in [0, 0.05) is 13.1 Å². The van der Waals surface area contributed by atoms with Crippen molar-refractivity contribution in [2.24, 2.45) is 5.92 Å². The van der Waals surface area contributed by atoms with E-state index >= 15 is 0 Å². The Labute approximate surface area is 127 Å². The molecule has 0 aliphatic carbocycles. The zero-order valence-corrected chi connectivity index (χ0v) is 13.3. The van der Waals surface area contributed by atoms with Gasteiger partial charge in [0.1, 0.15) is 0 Å². The largest absolute Gasteiger partial charge is 0.218 e. The van der Waals surface area contributed by atoms with Gasteiger partial charge >= 0.3 is 0 Å². The molecule has 0 atom stereocenters. The predicted molar refractivity (Wildman–Crippen MR) is 83.0 cm³/mol. The summed E-state index contributed by atoms with van der Waals surface area (Å²) in [6.07, 6.45) is 4.31. The van der Waals surface area contributed by atoms with Gasteiger partial charge in [-0.05, 0) is 36.5 Å². The Bertz CT molecular complexity index is 594. The van der Waals surface area contributed by atoms with E-state index in [-0.39, 0.29) is 5.75 Å². The molecule has 1 heterocycles. The lowest BCUT2D eigenvalue weighted by atomic mass is 9.94. The highest BCUT2D eigenvalue weighted by Crippen LogP contribution is 2.24. The summed E-state index contributed by atoms with van der Waals surface area (Å²) in [4.78, 5) is 0. The summed E-state index contributed by atoms with van der Waals surface area (Å²) in [5, 5.41) is 8.76. The first kappa shape index (κ1) is 16.0. The van der Waals surface area contributed by atoms with Crippen LogP contribution in [0.15, 0.2) is 24.3 Å². The van der Waals surface area contributed by atoms with Crippen LogP contribution in [0.3, 0.4) is 0 Å². The first-order chi connectivity index (χ1) is 10.0. The molecule has 0 radical (unpaired) electrons. The van der Waals surface area contributed by atoms with Crippen molar-refractivity contribution < 1.29 is 8.42 Å². The fraction of sp³-hybridized carbons (Fsp3) is 0.562. The Morgan fingerprint density at radius 1 is 1.24 bits per heavy atom. The first-order valence-corrected chi connectivity index (χ1v) is 9.13. The van der Waals surface area contributed by atoms with E-state index in [9.17, 15) is 8.42 Å². The van der Waals surface area contributed by atoms with Gasteiger partial charge in [0.25, 0.3) is 0 Å². The van der Waals surface area contributed by atoms with Gasteiger partial charge in [-0.3, -0.25) is 0 Å². The number of sulfonamides is 1. The summed E-state index contributed by atoms with van der Waals surface area (Å²) in [5.74, 6) is 0.702. The van der Waals surface area contributed by atoms with Gasteiger partial charge in [-0.25, -0.2) is 12.7 Å². The molecule has 1 aromatic carbocycles. The quantitative estimate of drug-likeness (QED) is 0.840. The summed E-state index contributed by atoms with van der Waals surface area (Å²) in [6.45, 7) is 3.46. The Balaban J connectivity index is 1.97. The molecule has 1 aliphatic heterocycles. The Morgan fingerprint density at radius 3 is 2.38 bits per heavy atom. The topological polar surface area (TPSA) is 61.2 Å². The van der Waals surface area contributed by atoms with Crippen LogP contribution in [0.2, 0.25) is 0 Å². The molecule has 1 aliphatic rings. The van der Waals surface area contributed by atoms with E-state index in [1.807, 2.05) is 6.07 Å². The fourth-order valence-corrected chi connectivity index (χ4v) is 4.43. The van der Waals surface area contributed by atoms with E-state index in [2.05, 4.69) is 6.92 Å². The Hall–Kier alpha value is -1.38. The average Bonchev–Trinajstić information content (AvgIpc) is 2.48.